The highest BCUT2D eigenvalue weighted by Gasteiger charge is 2.41. The summed E-state index contributed by atoms with van der Waals surface area (Å²) in [6.45, 7) is 0. The van der Waals surface area contributed by atoms with Crippen molar-refractivity contribution in [3.05, 3.63) is 139 Å². The highest BCUT2D eigenvalue weighted by Crippen LogP contribution is 2.48. The van der Waals surface area contributed by atoms with Gasteiger partial charge in [-0.2, -0.15) is 26.3 Å². The van der Waals surface area contributed by atoms with Gasteiger partial charge in [0.15, 0.2) is 0 Å². The van der Waals surface area contributed by atoms with Gasteiger partial charge in [-0.25, -0.2) is 8.78 Å². The SMILES string of the molecule is Fc1cc(Br)c(C(OC(c2ccccc2)c2c(Br)cc(F)cc2C(F)(F)F)c2ccccc2)c(C(F)(F)F)c1. The largest absolute Gasteiger partial charge is 0.416 e. The quantitative estimate of drug-likeness (QED) is 0.184. The Hall–Kier alpha value is -2.76. The molecule has 204 valence electrons. The van der Waals surface area contributed by atoms with Crippen LogP contribution in [0.3, 0.4) is 0 Å². The molecule has 4 aromatic rings. The molecule has 0 heterocycles. The van der Waals surface area contributed by atoms with Crippen LogP contribution in [-0.4, -0.2) is 0 Å². The lowest BCUT2D eigenvalue weighted by Gasteiger charge is -2.31. The van der Waals surface area contributed by atoms with Crippen LogP contribution in [-0.2, 0) is 17.1 Å². The highest BCUT2D eigenvalue weighted by atomic mass is 79.9. The van der Waals surface area contributed by atoms with E-state index in [0.29, 0.717) is 12.1 Å². The summed E-state index contributed by atoms with van der Waals surface area (Å²) < 4.78 is 119. The maximum atomic E-state index is 14.2. The number of rotatable bonds is 6. The molecule has 0 bridgehead atoms. The van der Waals surface area contributed by atoms with Gasteiger partial charge in [0.25, 0.3) is 0 Å². The van der Waals surface area contributed by atoms with Gasteiger partial charge in [0, 0.05) is 20.1 Å². The van der Waals surface area contributed by atoms with Gasteiger partial charge in [-0.1, -0.05) is 92.5 Å². The van der Waals surface area contributed by atoms with E-state index in [4.69, 9.17) is 4.74 Å². The topological polar surface area (TPSA) is 9.23 Å². The highest BCUT2D eigenvalue weighted by molar-refractivity contribution is 9.10. The molecule has 2 atom stereocenters. The van der Waals surface area contributed by atoms with Crippen LogP contribution in [0.1, 0.15) is 45.6 Å². The third-order valence-corrected chi connectivity index (χ3v) is 7.11. The number of benzene rings is 4. The Labute approximate surface area is 234 Å². The Morgan fingerprint density at radius 3 is 1.18 bits per heavy atom. The Morgan fingerprint density at radius 2 is 0.872 bits per heavy atom. The van der Waals surface area contributed by atoms with Crippen LogP contribution in [0.2, 0.25) is 0 Å². The molecule has 0 N–H and O–H groups in total. The van der Waals surface area contributed by atoms with E-state index in [9.17, 15) is 35.1 Å². The van der Waals surface area contributed by atoms with Crippen LogP contribution in [0.4, 0.5) is 35.1 Å². The first kappa shape index (κ1) is 29.2. The normalized spacial score (nSPS) is 13.8. The summed E-state index contributed by atoms with van der Waals surface area (Å²) in [5.74, 6) is -2.35. The monoisotopic (exact) mass is 678 g/mol. The van der Waals surface area contributed by atoms with Gasteiger partial charge >= 0.3 is 12.4 Å². The number of halogens is 10. The van der Waals surface area contributed by atoms with E-state index >= 15 is 0 Å². The molecule has 4 rings (SSSR count). The Morgan fingerprint density at radius 1 is 0.538 bits per heavy atom. The van der Waals surface area contributed by atoms with E-state index in [0.717, 1.165) is 12.1 Å². The van der Waals surface area contributed by atoms with Crippen molar-refractivity contribution in [2.75, 3.05) is 0 Å². The summed E-state index contributed by atoms with van der Waals surface area (Å²) >= 11 is 6.00. The third-order valence-electron chi connectivity index (χ3n) is 5.80. The predicted molar refractivity (Wildman–Crippen MR) is 136 cm³/mol. The summed E-state index contributed by atoms with van der Waals surface area (Å²) in [7, 11) is 0. The zero-order chi connectivity index (χ0) is 28.5. The molecule has 0 saturated carbocycles. The lowest BCUT2D eigenvalue weighted by molar-refractivity contribution is -0.140. The molecule has 0 aromatic heterocycles. The van der Waals surface area contributed by atoms with Crippen molar-refractivity contribution in [1.82, 2.24) is 0 Å². The second-order valence-corrected chi connectivity index (χ2v) is 10.1. The summed E-state index contributed by atoms with van der Waals surface area (Å²) in [6, 6.07) is 17.2. The first-order chi connectivity index (χ1) is 18.3. The summed E-state index contributed by atoms with van der Waals surface area (Å²) in [5, 5.41) is 0. The standard InChI is InChI=1S/C28H16Br2F8O/c29-21-13-17(31)11-19(27(33,34)35)23(21)25(15-7-3-1-4-8-15)39-26(16-9-5-2-6-10-16)24-20(28(36,37)38)12-18(32)14-22(24)30/h1-14,25-26H. The number of ether oxygens (including phenoxy) is 1. The van der Waals surface area contributed by atoms with Gasteiger partial charge in [0.2, 0.25) is 0 Å². The zero-order valence-corrected chi connectivity index (χ0v) is 22.6. The maximum Gasteiger partial charge on any atom is 0.416 e. The second kappa shape index (κ2) is 11.4. The third kappa shape index (κ3) is 6.53. The molecule has 0 amide bonds. The van der Waals surface area contributed by atoms with Crippen molar-refractivity contribution in [2.24, 2.45) is 0 Å². The Kier molecular flexibility index (Phi) is 8.53. The van der Waals surface area contributed by atoms with Crippen molar-refractivity contribution in [2.45, 2.75) is 24.6 Å². The molecule has 0 fully saturated rings. The van der Waals surface area contributed by atoms with Gasteiger partial charge in [0.05, 0.1) is 11.1 Å². The van der Waals surface area contributed by atoms with E-state index in [-0.39, 0.29) is 20.1 Å². The molecule has 11 heteroatoms. The van der Waals surface area contributed by atoms with Crippen molar-refractivity contribution < 1.29 is 39.9 Å². The molecular weight excluding hydrogens is 664 g/mol. The van der Waals surface area contributed by atoms with Gasteiger partial charge < -0.3 is 4.74 Å². The lowest BCUT2D eigenvalue weighted by atomic mass is 9.93. The van der Waals surface area contributed by atoms with Crippen molar-refractivity contribution in [3.8, 4) is 0 Å². The Bertz CT molecular complexity index is 1340. The fraction of sp³-hybridized carbons (Fsp3) is 0.143. The van der Waals surface area contributed by atoms with Crippen LogP contribution in [0.25, 0.3) is 0 Å². The number of hydrogen-bond donors (Lipinski definition) is 0. The maximum absolute atomic E-state index is 14.2. The molecular formula is C28H16Br2F8O. The average Bonchev–Trinajstić information content (AvgIpc) is 2.85. The van der Waals surface area contributed by atoms with Gasteiger partial charge in [0.1, 0.15) is 23.8 Å². The van der Waals surface area contributed by atoms with Gasteiger partial charge in [-0.05, 0) is 35.4 Å². The fourth-order valence-electron chi connectivity index (χ4n) is 4.19. The number of alkyl halides is 6. The van der Waals surface area contributed by atoms with Crippen LogP contribution < -0.4 is 0 Å². The molecule has 2 unspecified atom stereocenters. The van der Waals surface area contributed by atoms with Gasteiger partial charge in [-0.3, -0.25) is 0 Å². The van der Waals surface area contributed by atoms with Crippen LogP contribution in [0, 0.1) is 11.6 Å². The second-order valence-electron chi connectivity index (χ2n) is 8.41. The van der Waals surface area contributed by atoms with Gasteiger partial charge in [-0.15, -0.1) is 0 Å². The minimum atomic E-state index is -5.04. The first-order valence-corrected chi connectivity index (χ1v) is 12.7. The van der Waals surface area contributed by atoms with Crippen LogP contribution in [0.15, 0.2) is 93.9 Å². The van der Waals surface area contributed by atoms with Crippen molar-refractivity contribution in [1.29, 1.82) is 0 Å². The molecule has 0 saturated heterocycles. The number of hydrogen-bond acceptors (Lipinski definition) is 1. The predicted octanol–water partition coefficient (Wildman–Crippen LogP) is 10.4. The van der Waals surface area contributed by atoms with Crippen LogP contribution >= 0.6 is 31.9 Å². The van der Waals surface area contributed by atoms with Crippen molar-refractivity contribution >= 4 is 31.9 Å². The van der Waals surface area contributed by atoms with E-state index in [1.165, 1.54) is 48.5 Å². The molecule has 0 aliphatic rings. The molecule has 4 aromatic carbocycles. The van der Waals surface area contributed by atoms with E-state index in [1.807, 2.05) is 0 Å². The van der Waals surface area contributed by atoms with E-state index in [1.54, 1.807) is 12.1 Å². The molecule has 0 aliphatic carbocycles. The molecule has 0 radical (unpaired) electrons. The summed E-state index contributed by atoms with van der Waals surface area (Å²) in [6.07, 6.45) is -13.3. The fourth-order valence-corrected chi connectivity index (χ4v) is 5.47. The van der Waals surface area contributed by atoms with E-state index in [2.05, 4.69) is 31.9 Å². The summed E-state index contributed by atoms with van der Waals surface area (Å²) in [5.41, 5.74) is -3.51. The molecule has 39 heavy (non-hydrogen) atoms. The minimum Gasteiger partial charge on any atom is -0.356 e. The van der Waals surface area contributed by atoms with Crippen LogP contribution in [0.5, 0.6) is 0 Å². The molecule has 0 spiro atoms. The molecule has 0 aliphatic heterocycles. The minimum absolute atomic E-state index is 0.156. The van der Waals surface area contributed by atoms with Crippen molar-refractivity contribution in [3.63, 3.8) is 0 Å². The smallest absolute Gasteiger partial charge is 0.356 e. The Balaban J connectivity index is 2.03. The first-order valence-electron chi connectivity index (χ1n) is 11.1. The molecule has 1 nitrogen and oxygen atoms in total. The zero-order valence-electron chi connectivity index (χ0n) is 19.4. The average molecular weight is 680 g/mol. The lowest BCUT2D eigenvalue weighted by Crippen LogP contribution is -2.21. The summed E-state index contributed by atoms with van der Waals surface area (Å²) in [4.78, 5) is 0. The van der Waals surface area contributed by atoms with E-state index < -0.39 is 58.4 Å².